The van der Waals surface area contributed by atoms with E-state index in [0.29, 0.717) is 12.4 Å². The first-order valence-corrected chi connectivity index (χ1v) is 5.27. The summed E-state index contributed by atoms with van der Waals surface area (Å²) in [5.41, 5.74) is 6.99. The Bertz CT molecular complexity index is 455. The van der Waals surface area contributed by atoms with Crippen LogP contribution in [-0.4, -0.2) is 30.8 Å². The van der Waals surface area contributed by atoms with Gasteiger partial charge in [0.2, 0.25) is 0 Å². The number of nitrogens with two attached hydrogens (primary N) is 1. The zero-order valence-electron chi connectivity index (χ0n) is 9.54. The first kappa shape index (κ1) is 10.8. The number of nitrogens with zero attached hydrogens (tertiary/aromatic N) is 5. The van der Waals surface area contributed by atoms with Crippen LogP contribution < -0.4 is 5.73 Å². The van der Waals surface area contributed by atoms with E-state index >= 15 is 0 Å². The Morgan fingerprint density at radius 2 is 2.31 bits per heavy atom. The Morgan fingerprint density at radius 3 is 2.94 bits per heavy atom. The molecule has 86 valence electrons. The summed E-state index contributed by atoms with van der Waals surface area (Å²) in [4.78, 5) is 1.46. The van der Waals surface area contributed by atoms with Crippen molar-refractivity contribution in [3.63, 3.8) is 0 Å². The highest BCUT2D eigenvalue weighted by Gasteiger charge is 2.07. The van der Waals surface area contributed by atoms with Crippen molar-refractivity contribution >= 4 is 0 Å². The van der Waals surface area contributed by atoms with Gasteiger partial charge in [0.05, 0.1) is 13.6 Å². The highest BCUT2D eigenvalue weighted by Crippen LogP contribution is 2.06. The van der Waals surface area contributed by atoms with Crippen LogP contribution in [0.15, 0.2) is 18.3 Å². The third-order valence-corrected chi connectivity index (χ3v) is 2.32. The first-order valence-electron chi connectivity index (χ1n) is 5.27. The van der Waals surface area contributed by atoms with Crippen molar-refractivity contribution in [3.05, 3.63) is 29.8 Å². The molecule has 0 bridgehead atoms. The van der Waals surface area contributed by atoms with Crippen molar-refractivity contribution in [2.24, 2.45) is 12.8 Å². The average Bonchev–Trinajstić information content (AvgIpc) is 2.77. The second kappa shape index (κ2) is 4.44. The minimum Gasteiger partial charge on any atom is -0.344 e. The van der Waals surface area contributed by atoms with Crippen LogP contribution in [0, 0.1) is 0 Å². The Balaban J connectivity index is 2.12. The normalized spacial score (nSPS) is 12.9. The van der Waals surface area contributed by atoms with Gasteiger partial charge in [-0.3, -0.25) is 0 Å². The molecule has 0 amide bonds. The molecule has 2 aromatic rings. The zero-order chi connectivity index (χ0) is 11.5. The van der Waals surface area contributed by atoms with Gasteiger partial charge >= 0.3 is 0 Å². The van der Waals surface area contributed by atoms with E-state index in [1.165, 1.54) is 10.5 Å². The first-order chi connectivity index (χ1) is 7.65. The predicted octanol–water partition coefficient (Wildman–Crippen LogP) is -0.0504. The van der Waals surface area contributed by atoms with Crippen LogP contribution in [0.3, 0.4) is 0 Å². The van der Waals surface area contributed by atoms with Crippen molar-refractivity contribution in [1.82, 2.24) is 24.8 Å². The summed E-state index contributed by atoms with van der Waals surface area (Å²) in [6.07, 6.45) is 2.86. The molecule has 0 fully saturated rings. The average molecular weight is 220 g/mol. The van der Waals surface area contributed by atoms with E-state index in [4.69, 9.17) is 5.73 Å². The lowest BCUT2D eigenvalue weighted by atomic mass is 10.2. The van der Waals surface area contributed by atoms with Crippen molar-refractivity contribution in [2.75, 3.05) is 0 Å². The minimum absolute atomic E-state index is 0.156. The second-order valence-corrected chi connectivity index (χ2v) is 4.00. The lowest BCUT2D eigenvalue weighted by Crippen LogP contribution is -2.20. The van der Waals surface area contributed by atoms with Gasteiger partial charge in [-0.05, 0) is 24.3 Å². The van der Waals surface area contributed by atoms with Crippen LogP contribution in [0.1, 0.15) is 18.4 Å². The molecule has 2 aromatic heterocycles. The molecule has 1 atom stereocenters. The Kier molecular flexibility index (Phi) is 3.00. The van der Waals surface area contributed by atoms with Gasteiger partial charge in [0.25, 0.3) is 0 Å². The van der Waals surface area contributed by atoms with Gasteiger partial charge in [-0.25, -0.2) is 0 Å². The predicted molar refractivity (Wildman–Crippen MR) is 59.7 cm³/mol. The highest BCUT2D eigenvalue weighted by molar-refractivity contribution is 5.09. The van der Waals surface area contributed by atoms with Crippen LogP contribution in [-0.2, 0) is 20.0 Å². The summed E-state index contributed by atoms with van der Waals surface area (Å²) in [5, 5.41) is 11.9. The van der Waals surface area contributed by atoms with Crippen molar-refractivity contribution in [3.8, 4) is 0 Å². The van der Waals surface area contributed by atoms with E-state index in [2.05, 4.69) is 26.0 Å². The van der Waals surface area contributed by atoms with Crippen LogP contribution in [0.2, 0.25) is 0 Å². The molecule has 0 aliphatic heterocycles. The zero-order valence-corrected chi connectivity index (χ0v) is 9.54. The summed E-state index contributed by atoms with van der Waals surface area (Å²) in [6, 6.07) is 4.23. The molecule has 0 saturated carbocycles. The van der Waals surface area contributed by atoms with Gasteiger partial charge in [0, 0.05) is 24.4 Å². The van der Waals surface area contributed by atoms with Crippen molar-refractivity contribution in [1.29, 1.82) is 0 Å². The van der Waals surface area contributed by atoms with Crippen molar-refractivity contribution in [2.45, 2.75) is 25.9 Å². The summed E-state index contributed by atoms with van der Waals surface area (Å²) in [5.74, 6) is 0.713. The highest BCUT2D eigenvalue weighted by atomic mass is 15.6. The lowest BCUT2D eigenvalue weighted by Gasteiger charge is -2.08. The molecular formula is C10H16N6. The van der Waals surface area contributed by atoms with Crippen LogP contribution in [0.25, 0.3) is 0 Å². The van der Waals surface area contributed by atoms with Gasteiger partial charge in [-0.1, -0.05) is 0 Å². The van der Waals surface area contributed by atoms with E-state index in [1.807, 2.05) is 19.2 Å². The van der Waals surface area contributed by atoms with E-state index < -0.39 is 0 Å². The van der Waals surface area contributed by atoms with Gasteiger partial charge < -0.3 is 10.3 Å². The molecule has 0 saturated heterocycles. The smallest absolute Gasteiger partial charge is 0.194 e. The topological polar surface area (TPSA) is 74.6 Å². The fraction of sp³-hybridized carbons (Fsp3) is 0.500. The fourth-order valence-corrected chi connectivity index (χ4v) is 1.66. The fourth-order valence-electron chi connectivity index (χ4n) is 1.66. The van der Waals surface area contributed by atoms with Gasteiger partial charge in [0.15, 0.2) is 5.82 Å². The maximum Gasteiger partial charge on any atom is 0.194 e. The largest absolute Gasteiger partial charge is 0.344 e. The molecule has 6 heteroatoms. The molecule has 2 rings (SSSR count). The van der Waals surface area contributed by atoms with E-state index in [1.54, 1.807) is 7.05 Å². The quantitative estimate of drug-likeness (QED) is 0.784. The summed E-state index contributed by atoms with van der Waals surface area (Å²) in [7, 11) is 1.76. The molecule has 0 spiro atoms. The number of aryl methyl sites for hydroxylation is 1. The number of aromatic nitrogens is 5. The standard InChI is InChI=1S/C10H16N6/c1-8(11)6-9-4-3-5-16(9)7-10-12-14-15(2)13-10/h3-5,8H,6-7,11H2,1-2H3. The second-order valence-electron chi connectivity index (χ2n) is 4.00. The summed E-state index contributed by atoms with van der Waals surface area (Å²) >= 11 is 0. The molecule has 2 heterocycles. The molecule has 1 unspecified atom stereocenters. The maximum atomic E-state index is 5.79. The lowest BCUT2D eigenvalue weighted by molar-refractivity contribution is 0.620. The van der Waals surface area contributed by atoms with Crippen LogP contribution >= 0.6 is 0 Å². The van der Waals surface area contributed by atoms with E-state index in [0.717, 1.165) is 6.42 Å². The number of hydrogen-bond donors (Lipinski definition) is 1. The monoisotopic (exact) mass is 220 g/mol. The summed E-state index contributed by atoms with van der Waals surface area (Å²) < 4.78 is 2.10. The molecule has 0 aliphatic rings. The number of hydrogen-bond acceptors (Lipinski definition) is 4. The van der Waals surface area contributed by atoms with Gasteiger partial charge in [0.1, 0.15) is 0 Å². The molecule has 16 heavy (non-hydrogen) atoms. The molecule has 0 aromatic carbocycles. The third-order valence-electron chi connectivity index (χ3n) is 2.32. The Labute approximate surface area is 94.1 Å². The van der Waals surface area contributed by atoms with Gasteiger partial charge in [-0.2, -0.15) is 4.80 Å². The molecule has 6 nitrogen and oxygen atoms in total. The van der Waals surface area contributed by atoms with Crippen LogP contribution in [0.4, 0.5) is 0 Å². The SMILES string of the molecule is CC(N)Cc1cccn1Cc1nnn(C)n1. The van der Waals surface area contributed by atoms with E-state index in [-0.39, 0.29) is 6.04 Å². The molecule has 2 N–H and O–H groups in total. The third kappa shape index (κ3) is 2.46. The van der Waals surface area contributed by atoms with E-state index in [9.17, 15) is 0 Å². The Hall–Kier alpha value is -1.69. The number of tetrazole rings is 1. The van der Waals surface area contributed by atoms with Crippen LogP contribution in [0.5, 0.6) is 0 Å². The van der Waals surface area contributed by atoms with Crippen molar-refractivity contribution < 1.29 is 0 Å². The van der Waals surface area contributed by atoms with Gasteiger partial charge in [-0.15, -0.1) is 10.2 Å². The molecule has 0 radical (unpaired) electrons. The Morgan fingerprint density at radius 1 is 1.50 bits per heavy atom. The summed E-state index contributed by atoms with van der Waals surface area (Å²) in [6.45, 7) is 2.64. The minimum atomic E-state index is 0.156. The molecule has 0 aliphatic carbocycles. The molecular weight excluding hydrogens is 204 g/mol. The maximum absolute atomic E-state index is 5.79. The number of rotatable bonds is 4.